The van der Waals surface area contributed by atoms with Crippen molar-refractivity contribution in [3.8, 4) is 0 Å². The molecule has 4 N–H and O–H groups in total. The first-order chi connectivity index (χ1) is 25.5. The van der Waals surface area contributed by atoms with Crippen molar-refractivity contribution < 1.29 is 56.8 Å². The molecule has 1 aliphatic rings. The molecular formula is C40H68O12S. The van der Waals surface area contributed by atoms with E-state index in [0.29, 0.717) is 19.3 Å². The van der Waals surface area contributed by atoms with Gasteiger partial charge in [0, 0.05) is 12.8 Å². The van der Waals surface area contributed by atoms with E-state index >= 15 is 0 Å². The highest BCUT2D eigenvalue weighted by molar-refractivity contribution is 7.85. The molecule has 0 aromatic carbocycles. The maximum Gasteiger partial charge on any atom is 0.306 e. The molecule has 53 heavy (non-hydrogen) atoms. The summed E-state index contributed by atoms with van der Waals surface area (Å²) in [5.74, 6) is -2.07. The molecule has 6 atom stereocenters. The van der Waals surface area contributed by atoms with Gasteiger partial charge in [0.2, 0.25) is 0 Å². The SMILES string of the molecule is CCCCC/C=C/C/C=C/C/C=C/C/C=C/CCCC(=O)OC[C@H](CO[C@H]1O[C@H](CS(=O)(=O)O)[C@@H](O)C(O)C1O)OC(=O)CCCCCCCCCC. The van der Waals surface area contributed by atoms with Crippen LogP contribution in [0.25, 0.3) is 0 Å². The number of esters is 2. The van der Waals surface area contributed by atoms with Crippen LogP contribution >= 0.6 is 0 Å². The molecule has 2 unspecified atom stereocenters. The molecule has 0 aromatic heterocycles. The molecule has 0 aliphatic carbocycles. The van der Waals surface area contributed by atoms with E-state index in [2.05, 4.69) is 50.3 Å². The molecule has 1 heterocycles. The van der Waals surface area contributed by atoms with Gasteiger partial charge in [-0.15, -0.1) is 0 Å². The Morgan fingerprint density at radius 2 is 1.15 bits per heavy atom. The quantitative estimate of drug-likeness (QED) is 0.0250. The largest absolute Gasteiger partial charge is 0.462 e. The van der Waals surface area contributed by atoms with Gasteiger partial charge in [-0.1, -0.05) is 120 Å². The highest BCUT2D eigenvalue weighted by Gasteiger charge is 2.46. The number of carbonyl (C=O) groups excluding carboxylic acids is 2. The lowest BCUT2D eigenvalue weighted by atomic mass is 10.00. The second kappa shape index (κ2) is 30.9. The highest BCUT2D eigenvalue weighted by atomic mass is 32.2. The smallest absolute Gasteiger partial charge is 0.306 e. The van der Waals surface area contributed by atoms with Crippen LogP contribution in [-0.4, -0.2) is 96.0 Å². The molecule has 1 rings (SSSR count). The summed E-state index contributed by atoms with van der Waals surface area (Å²) < 4.78 is 53.7. The summed E-state index contributed by atoms with van der Waals surface area (Å²) in [5.41, 5.74) is 0. The van der Waals surface area contributed by atoms with Crippen LogP contribution in [0.5, 0.6) is 0 Å². The summed E-state index contributed by atoms with van der Waals surface area (Å²) in [6, 6.07) is 0. The molecule has 0 aromatic rings. The van der Waals surface area contributed by atoms with E-state index in [1.807, 2.05) is 12.2 Å². The highest BCUT2D eigenvalue weighted by Crippen LogP contribution is 2.24. The molecule has 306 valence electrons. The van der Waals surface area contributed by atoms with E-state index < -0.39 is 71.2 Å². The maximum atomic E-state index is 12.7. The van der Waals surface area contributed by atoms with Crippen molar-refractivity contribution in [2.24, 2.45) is 0 Å². The van der Waals surface area contributed by atoms with E-state index in [1.54, 1.807) is 0 Å². The lowest BCUT2D eigenvalue weighted by Gasteiger charge is -2.40. The number of hydrogen-bond acceptors (Lipinski definition) is 11. The Morgan fingerprint density at radius 3 is 1.74 bits per heavy atom. The van der Waals surface area contributed by atoms with E-state index in [1.165, 1.54) is 44.9 Å². The van der Waals surface area contributed by atoms with Gasteiger partial charge in [-0.3, -0.25) is 14.1 Å². The number of aliphatic hydroxyl groups is 3. The fourth-order valence-electron chi connectivity index (χ4n) is 5.55. The van der Waals surface area contributed by atoms with Crippen molar-refractivity contribution in [3.05, 3.63) is 48.6 Å². The predicted molar refractivity (Wildman–Crippen MR) is 206 cm³/mol. The van der Waals surface area contributed by atoms with E-state index in [-0.39, 0.29) is 19.4 Å². The molecule has 0 radical (unpaired) electrons. The third kappa shape index (κ3) is 26.1. The standard InChI is InChI=1S/C40H68O12S/c1-3-5-7-9-11-13-14-15-16-17-18-19-20-21-23-24-26-28-35(41)49-30-33(51-36(42)29-27-25-22-12-10-8-6-4-2)31-50-40-39(45)38(44)37(43)34(52-40)32-53(46,47)48/h11,13,15-16,18-19,21,23,33-34,37-40,43-45H,3-10,12,14,17,20,22,24-32H2,1-2H3,(H,46,47,48)/b13-11+,16-15+,19-18+,23-21+/t33-,34-,37-,38?,39?,40+/m1/s1. The fraction of sp³-hybridized carbons (Fsp3) is 0.750. The molecular weight excluding hydrogens is 704 g/mol. The second-order valence-electron chi connectivity index (χ2n) is 13.6. The number of rotatable bonds is 31. The van der Waals surface area contributed by atoms with E-state index in [4.69, 9.17) is 18.9 Å². The Kier molecular flexibility index (Phi) is 28.3. The Labute approximate surface area is 318 Å². The molecule has 1 saturated heterocycles. The van der Waals surface area contributed by atoms with Gasteiger partial charge in [-0.2, -0.15) is 8.42 Å². The van der Waals surface area contributed by atoms with Crippen LogP contribution < -0.4 is 0 Å². The zero-order chi connectivity index (χ0) is 39.2. The van der Waals surface area contributed by atoms with Crippen molar-refractivity contribution >= 4 is 22.1 Å². The van der Waals surface area contributed by atoms with Crippen LogP contribution in [-0.2, 0) is 38.7 Å². The number of allylic oxidation sites excluding steroid dienone is 8. The molecule has 12 nitrogen and oxygen atoms in total. The normalized spacial score (nSPS) is 21.7. The number of aliphatic hydroxyl groups excluding tert-OH is 3. The van der Waals surface area contributed by atoms with Crippen LogP contribution in [0.2, 0.25) is 0 Å². The molecule has 13 heteroatoms. The Hall–Kier alpha value is -2.39. The van der Waals surface area contributed by atoms with Crippen molar-refractivity contribution in [3.63, 3.8) is 0 Å². The van der Waals surface area contributed by atoms with Gasteiger partial charge < -0.3 is 34.3 Å². The summed E-state index contributed by atoms with van der Waals surface area (Å²) in [6.45, 7) is 3.61. The topological polar surface area (TPSA) is 186 Å². The molecule has 1 fully saturated rings. The summed E-state index contributed by atoms with van der Waals surface area (Å²) in [5, 5.41) is 30.7. The first-order valence-corrected chi connectivity index (χ1v) is 21.3. The van der Waals surface area contributed by atoms with Crippen LogP contribution in [0.4, 0.5) is 0 Å². The van der Waals surface area contributed by atoms with Crippen molar-refractivity contribution in [2.75, 3.05) is 19.0 Å². The molecule has 0 spiro atoms. The zero-order valence-electron chi connectivity index (χ0n) is 32.1. The van der Waals surface area contributed by atoms with E-state index in [9.17, 15) is 37.9 Å². The first-order valence-electron chi connectivity index (χ1n) is 19.7. The van der Waals surface area contributed by atoms with Crippen molar-refractivity contribution in [1.82, 2.24) is 0 Å². The first kappa shape index (κ1) is 48.6. The lowest BCUT2D eigenvalue weighted by Crippen LogP contribution is -2.60. The monoisotopic (exact) mass is 772 g/mol. The van der Waals surface area contributed by atoms with Crippen LogP contribution in [0.15, 0.2) is 48.6 Å². The molecule has 0 amide bonds. The number of unbranched alkanes of at least 4 members (excludes halogenated alkanes) is 11. The lowest BCUT2D eigenvalue weighted by molar-refractivity contribution is -0.297. The van der Waals surface area contributed by atoms with Gasteiger partial charge >= 0.3 is 11.9 Å². The molecule has 1 aliphatic heterocycles. The average Bonchev–Trinajstić information content (AvgIpc) is 3.12. The minimum atomic E-state index is -4.60. The fourth-order valence-corrected chi connectivity index (χ4v) is 6.24. The summed E-state index contributed by atoms with van der Waals surface area (Å²) in [4.78, 5) is 25.1. The Bertz CT molecular complexity index is 1180. The van der Waals surface area contributed by atoms with E-state index in [0.717, 1.165) is 44.9 Å². The minimum absolute atomic E-state index is 0.143. The summed E-state index contributed by atoms with van der Waals surface area (Å²) in [6.07, 6.45) is 24.8. The number of ether oxygens (including phenoxy) is 4. The van der Waals surface area contributed by atoms with Gasteiger partial charge in [0.1, 0.15) is 36.8 Å². The van der Waals surface area contributed by atoms with Gasteiger partial charge in [0.15, 0.2) is 12.4 Å². The average molecular weight is 773 g/mol. The third-order valence-corrected chi connectivity index (χ3v) is 9.41. The minimum Gasteiger partial charge on any atom is -0.462 e. The van der Waals surface area contributed by atoms with Crippen LogP contribution in [0, 0.1) is 0 Å². The van der Waals surface area contributed by atoms with Gasteiger partial charge in [-0.05, 0) is 51.4 Å². The second-order valence-corrected chi connectivity index (χ2v) is 15.1. The number of carbonyl (C=O) groups is 2. The predicted octanol–water partition coefficient (Wildman–Crippen LogP) is 6.83. The molecule has 0 bridgehead atoms. The Morgan fingerprint density at radius 1 is 0.642 bits per heavy atom. The van der Waals surface area contributed by atoms with Gasteiger partial charge in [0.05, 0.1) is 6.61 Å². The Balaban J connectivity index is 2.52. The van der Waals surface area contributed by atoms with Crippen molar-refractivity contribution in [2.45, 2.75) is 173 Å². The summed E-state index contributed by atoms with van der Waals surface area (Å²) >= 11 is 0. The van der Waals surface area contributed by atoms with Gasteiger partial charge in [-0.25, -0.2) is 0 Å². The number of hydrogen-bond donors (Lipinski definition) is 4. The van der Waals surface area contributed by atoms with Crippen LogP contribution in [0.3, 0.4) is 0 Å². The molecule has 0 saturated carbocycles. The zero-order valence-corrected chi connectivity index (χ0v) is 32.9. The van der Waals surface area contributed by atoms with Crippen molar-refractivity contribution in [1.29, 1.82) is 0 Å². The summed E-state index contributed by atoms with van der Waals surface area (Å²) in [7, 11) is -4.60. The van der Waals surface area contributed by atoms with Crippen LogP contribution in [0.1, 0.15) is 136 Å². The third-order valence-electron chi connectivity index (χ3n) is 8.66. The van der Waals surface area contributed by atoms with Gasteiger partial charge in [0.25, 0.3) is 10.1 Å². The maximum absolute atomic E-state index is 12.7.